The van der Waals surface area contributed by atoms with Crippen LogP contribution < -0.4 is 10.6 Å². The van der Waals surface area contributed by atoms with Gasteiger partial charge in [0.25, 0.3) is 5.91 Å². The summed E-state index contributed by atoms with van der Waals surface area (Å²) < 4.78 is 2.51. The van der Waals surface area contributed by atoms with E-state index in [9.17, 15) is 19.7 Å². The van der Waals surface area contributed by atoms with Crippen molar-refractivity contribution < 1.29 is 14.5 Å². The van der Waals surface area contributed by atoms with Gasteiger partial charge in [-0.25, -0.2) is 0 Å². The van der Waals surface area contributed by atoms with Crippen molar-refractivity contribution in [1.29, 1.82) is 0 Å². The van der Waals surface area contributed by atoms with Crippen molar-refractivity contribution in [3.05, 3.63) is 34.3 Å². The molecule has 0 radical (unpaired) electrons. The van der Waals surface area contributed by atoms with Crippen molar-refractivity contribution in [2.45, 2.75) is 20.4 Å². The molecule has 0 aromatic carbocycles. The molecule has 0 aliphatic carbocycles. The Labute approximate surface area is 143 Å². The third-order valence-electron chi connectivity index (χ3n) is 3.22. The largest absolute Gasteiger partial charge is 0.389 e. The molecule has 25 heavy (non-hydrogen) atoms. The molecular weight excluding hydrogens is 330 g/mol. The Balaban J connectivity index is 2.05. The lowest BCUT2D eigenvalue weighted by Crippen LogP contribution is -2.30. The normalized spacial score (nSPS) is 10.7. The van der Waals surface area contributed by atoms with Crippen LogP contribution >= 0.6 is 0 Å². The zero-order valence-electron chi connectivity index (χ0n) is 14.1. The standard InChI is InChI=1S/C14H19N7O4/c1-9(2)6-15-14(23)13-10(7-16-19(13)3)17-12(22)8-20-5-4-11(18-20)21(24)25/h4-5,7,9H,6,8H2,1-3H3,(H,15,23)(H,17,22). The van der Waals surface area contributed by atoms with Crippen molar-refractivity contribution in [2.75, 3.05) is 11.9 Å². The molecule has 11 heteroatoms. The minimum Gasteiger partial charge on any atom is -0.358 e. The van der Waals surface area contributed by atoms with Gasteiger partial charge < -0.3 is 20.7 Å². The van der Waals surface area contributed by atoms with Gasteiger partial charge in [-0.1, -0.05) is 13.8 Å². The Morgan fingerprint density at radius 3 is 2.72 bits per heavy atom. The molecule has 0 atom stereocenters. The second kappa shape index (κ2) is 7.55. The summed E-state index contributed by atoms with van der Waals surface area (Å²) in [5.41, 5.74) is 0.482. The van der Waals surface area contributed by atoms with Gasteiger partial charge in [0.1, 0.15) is 12.2 Å². The second-order valence-corrected chi connectivity index (χ2v) is 5.81. The van der Waals surface area contributed by atoms with Crippen LogP contribution in [0.5, 0.6) is 0 Å². The average Bonchev–Trinajstić information content (AvgIpc) is 3.12. The van der Waals surface area contributed by atoms with E-state index in [4.69, 9.17) is 0 Å². The lowest BCUT2D eigenvalue weighted by atomic mass is 10.2. The molecule has 0 spiro atoms. The van der Waals surface area contributed by atoms with E-state index in [2.05, 4.69) is 20.8 Å². The molecule has 2 N–H and O–H groups in total. The summed E-state index contributed by atoms with van der Waals surface area (Å²) in [7, 11) is 1.59. The predicted molar refractivity (Wildman–Crippen MR) is 87.9 cm³/mol. The fraction of sp³-hybridized carbons (Fsp3) is 0.429. The fourth-order valence-corrected chi connectivity index (χ4v) is 2.05. The second-order valence-electron chi connectivity index (χ2n) is 5.81. The van der Waals surface area contributed by atoms with Gasteiger partial charge in [0.15, 0.2) is 0 Å². The van der Waals surface area contributed by atoms with Gasteiger partial charge in [-0.3, -0.25) is 14.3 Å². The molecule has 0 unspecified atom stereocenters. The molecule has 0 saturated heterocycles. The Morgan fingerprint density at radius 1 is 1.40 bits per heavy atom. The van der Waals surface area contributed by atoms with Crippen molar-refractivity contribution in [2.24, 2.45) is 13.0 Å². The zero-order chi connectivity index (χ0) is 18.6. The summed E-state index contributed by atoms with van der Waals surface area (Å²) >= 11 is 0. The van der Waals surface area contributed by atoms with Gasteiger partial charge in [-0.2, -0.15) is 9.78 Å². The third kappa shape index (κ3) is 4.62. The van der Waals surface area contributed by atoms with Gasteiger partial charge in [0, 0.05) is 13.6 Å². The third-order valence-corrected chi connectivity index (χ3v) is 3.22. The smallest absolute Gasteiger partial charge is 0.358 e. The van der Waals surface area contributed by atoms with Gasteiger partial charge in [0.2, 0.25) is 5.91 Å². The number of hydrogen-bond acceptors (Lipinski definition) is 6. The summed E-state index contributed by atoms with van der Waals surface area (Å²) in [6.07, 6.45) is 2.70. The van der Waals surface area contributed by atoms with E-state index in [-0.39, 0.29) is 35.6 Å². The van der Waals surface area contributed by atoms with Crippen LogP contribution in [0.15, 0.2) is 18.5 Å². The van der Waals surface area contributed by atoms with Crippen LogP contribution in [0, 0.1) is 16.0 Å². The number of carbonyl (C=O) groups excluding carboxylic acids is 2. The first kappa shape index (κ1) is 18.1. The van der Waals surface area contributed by atoms with Crippen LogP contribution in [0.3, 0.4) is 0 Å². The SMILES string of the molecule is CC(C)CNC(=O)c1c(NC(=O)Cn2ccc([N+](=O)[O-])n2)cnn1C. The number of anilines is 1. The molecule has 0 aliphatic rings. The maximum absolute atomic E-state index is 12.3. The summed E-state index contributed by atoms with van der Waals surface area (Å²) in [5, 5.41) is 23.6. The molecule has 2 heterocycles. The zero-order valence-corrected chi connectivity index (χ0v) is 14.1. The molecule has 11 nitrogen and oxygen atoms in total. The Kier molecular flexibility index (Phi) is 5.47. The average molecular weight is 349 g/mol. The van der Waals surface area contributed by atoms with Crippen LogP contribution in [-0.4, -0.2) is 42.8 Å². The van der Waals surface area contributed by atoms with Gasteiger partial charge in [0.05, 0.1) is 29.2 Å². The number of aryl methyl sites for hydroxylation is 1. The summed E-state index contributed by atoms with van der Waals surface area (Å²) in [6, 6.07) is 1.20. The fourth-order valence-electron chi connectivity index (χ4n) is 2.05. The van der Waals surface area contributed by atoms with E-state index in [1.54, 1.807) is 7.05 Å². The summed E-state index contributed by atoms with van der Waals surface area (Å²) in [5.74, 6) is -0.892. The van der Waals surface area contributed by atoms with E-state index in [1.807, 2.05) is 13.8 Å². The van der Waals surface area contributed by atoms with Crippen LogP contribution in [0.25, 0.3) is 0 Å². The molecule has 2 aromatic heterocycles. The molecule has 134 valence electrons. The summed E-state index contributed by atoms with van der Waals surface area (Å²) in [6.45, 7) is 4.20. The minimum atomic E-state index is -0.646. The maximum Gasteiger partial charge on any atom is 0.389 e. The Hall–Kier alpha value is -3.24. The Bertz CT molecular complexity index is 793. The van der Waals surface area contributed by atoms with Gasteiger partial charge in [-0.05, 0) is 10.8 Å². The lowest BCUT2D eigenvalue weighted by molar-refractivity contribution is -0.389. The van der Waals surface area contributed by atoms with Crippen molar-refractivity contribution in [1.82, 2.24) is 24.9 Å². The number of amides is 2. The van der Waals surface area contributed by atoms with Gasteiger partial charge in [-0.15, -0.1) is 0 Å². The quantitative estimate of drug-likeness (QED) is 0.553. The van der Waals surface area contributed by atoms with Crippen molar-refractivity contribution in [3.8, 4) is 0 Å². The topological polar surface area (TPSA) is 137 Å². The van der Waals surface area contributed by atoms with E-state index in [0.717, 1.165) is 4.68 Å². The first-order valence-electron chi connectivity index (χ1n) is 7.55. The van der Waals surface area contributed by atoms with Gasteiger partial charge >= 0.3 is 5.82 Å². The number of carbonyl (C=O) groups is 2. The van der Waals surface area contributed by atoms with E-state index in [0.29, 0.717) is 6.54 Å². The van der Waals surface area contributed by atoms with Crippen LogP contribution in [0.4, 0.5) is 11.5 Å². The molecule has 0 fully saturated rings. The monoisotopic (exact) mass is 349 g/mol. The first-order chi connectivity index (χ1) is 11.8. The maximum atomic E-state index is 12.3. The lowest BCUT2D eigenvalue weighted by Gasteiger charge is -2.10. The highest BCUT2D eigenvalue weighted by Crippen LogP contribution is 2.14. The molecule has 2 rings (SSSR count). The number of aromatic nitrogens is 4. The number of nitrogens with one attached hydrogen (secondary N) is 2. The number of hydrogen-bond donors (Lipinski definition) is 2. The summed E-state index contributed by atoms with van der Waals surface area (Å²) in [4.78, 5) is 34.3. The number of nitrogens with zero attached hydrogens (tertiary/aromatic N) is 5. The number of nitro groups is 1. The number of rotatable bonds is 7. The highest BCUT2D eigenvalue weighted by atomic mass is 16.6. The highest BCUT2D eigenvalue weighted by Gasteiger charge is 2.20. The van der Waals surface area contributed by atoms with E-state index in [1.165, 1.54) is 23.1 Å². The minimum absolute atomic E-state index is 0.223. The van der Waals surface area contributed by atoms with Crippen molar-refractivity contribution in [3.63, 3.8) is 0 Å². The molecule has 0 aliphatic heterocycles. The van der Waals surface area contributed by atoms with E-state index >= 15 is 0 Å². The molecule has 2 aromatic rings. The van der Waals surface area contributed by atoms with Crippen molar-refractivity contribution >= 4 is 23.3 Å². The van der Waals surface area contributed by atoms with Crippen LogP contribution in [0.2, 0.25) is 0 Å². The van der Waals surface area contributed by atoms with E-state index < -0.39 is 10.8 Å². The Morgan fingerprint density at radius 2 is 2.12 bits per heavy atom. The van der Waals surface area contributed by atoms with Crippen LogP contribution in [0.1, 0.15) is 24.3 Å². The molecule has 0 saturated carbocycles. The first-order valence-corrected chi connectivity index (χ1v) is 7.55. The molecular formula is C14H19N7O4. The molecule has 0 bridgehead atoms. The molecule has 2 amide bonds. The highest BCUT2D eigenvalue weighted by molar-refractivity contribution is 6.02. The predicted octanol–water partition coefficient (Wildman–Crippen LogP) is 0.549. The van der Waals surface area contributed by atoms with Crippen LogP contribution in [-0.2, 0) is 18.4 Å².